The Morgan fingerprint density at radius 3 is 2.86 bits per heavy atom. The number of nitrogens with two attached hydrogens (primary N) is 1. The summed E-state index contributed by atoms with van der Waals surface area (Å²) < 4.78 is 14.1. The van der Waals surface area contributed by atoms with Gasteiger partial charge in [0.2, 0.25) is 0 Å². The lowest BCUT2D eigenvalue weighted by Crippen LogP contribution is -2.34. The number of thiophene rings is 1. The summed E-state index contributed by atoms with van der Waals surface area (Å²) in [6.45, 7) is 2.89. The van der Waals surface area contributed by atoms with Gasteiger partial charge in [0.05, 0.1) is 5.69 Å². The SMILES string of the molecule is CC1(CNC(=O)c2sc3ccc(F)cc3c2N)CCCC1. The second-order valence-corrected chi connectivity index (χ2v) is 7.24. The molecular formula is C16H19FN2OS. The minimum atomic E-state index is -0.336. The molecule has 3 nitrogen and oxygen atoms in total. The topological polar surface area (TPSA) is 55.1 Å². The number of rotatable bonds is 3. The highest BCUT2D eigenvalue weighted by atomic mass is 32.1. The van der Waals surface area contributed by atoms with E-state index in [4.69, 9.17) is 5.73 Å². The van der Waals surface area contributed by atoms with Crippen molar-refractivity contribution in [2.45, 2.75) is 32.6 Å². The second-order valence-electron chi connectivity index (χ2n) is 6.19. The van der Waals surface area contributed by atoms with E-state index in [-0.39, 0.29) is 17.1 Å². The van der Waals surface area contributed by atoms with Crippen molar-refractivity contribution < 1.29 is 9.18 Å². The average Bonchev–Trinajstić information content (AvgIpc) is 3.02. The van der Waals surface area contributed by atoms with Gasteiger partial charge in [-0.05, 0) is 36.5 Å². The zero-order valence-electron chi connectivity index (χ0n) is 12.0. The normalized spacial score (nSPS) is 17.2. The van der Waals surface area contributed by atoms with Gasteiger partial charge in [-0.3, -0.25) is 4.79 Å². The van der Waals surface area contributed by atoms with E-state index in [9.17, 15) is 9.18 Å². The zero-order valence-corrected chi connectivity index (χ0v) is 12.9. The molecule has 5 heteroatoms. The number of nitrogen functional groups attached to an aromatic ring is 1. The number of carbonyl (C=O) groups is 1. The van der Waals surface area contributed by atoms with Gasteiger partial charge in [-0.1, -0.05) is 19.8 Å². The summed E-state index contributed by atoms with van der Waals surface area (Å²) in [7, 11) is 0. The number of halogens is 1. The van der Waals surface area contributed by atoms with Gasteiger partial charge < -0.3 is 11.1 Å². The molecule has 0 spiro atoms. The van der Waals surface area contributed by atoms with E-state index in [0.29, 0.717) is 22.5 Å². The first kappa shape index (κ1) is 14.3. The van der Waals surface area contributed by atoms with Gasteiger partial charge in [-0.15, -0.1) is 11.3 Å². The Hall–Kier alpha value is -1.62. The van der Waals surface area contributed by atoms with Crippen LogP contribution in [0.2, 0.25) is 0 Å². The Morgan fingerprint density at radius 2 is 2.14 bits per heavy atom. The minimum Gasteiger partial charge on any atom is -0.397 e. The third-order valence-corrected chi connectivity index (χ3v) is 5.57. The van der Waals surface area contributed by atoms with Gasteiger partial charge in [0.15, 0.2) is 0 Å². The third kappa shape index (κ3) is 2.75. The fourth-order valence-electron chi connectivity index (χ4n) is 3.04. The highest BCUT2D eigenvalue weighted by molar-refractivity contribution is 7.21. The van der Waals surface area contributed by atoms with Crippen LogP contribution in [0, 0.1) is 11.2 Å². The fraction of sp³-hybridized carbons (Fsp3) is 0.438. The fourth-order valence-corrected chi connectivity index (χ4v) is 4.06. The summed E-state index contributed by atoms with van der Waals surface area (Å²) in [6, 6.07) is 4.44. The van der Waals surface area contributed by atoms with E-state index >= 15 is 0 Å². The quantitative estimate of drug-likeness (QED) is 0.902. The van der Waals surface area contributed by atoms with Crippen molar-refractivity contribution in [2.75, 3.05) is 12.3 Å². The van der Waals surface area contributed by atoms with Gasteiger partial charge in [0, 0.05) is 16.6 Å². The number of fused-ring (bicyclic) bond motifs is 1. The first-order valence-electron chi connectivity index (χ1n) is 7.24. The summed E-state index contributed by atoms with van der Waals surface area (Å²) in [6.07, 6.45) is 4.77. The van der Waals surface area contributed by atoms with Crippen LogP contribution in [0.15, 0.2) is 18.2 Å². The van der Waals surface area contributed by atoms with Crippen molar-refractivity contribution in [1.29, 1.82) is 0 Å². The van der Waals surface area contributed by atoms with Crippen LogP contribution in [0.5, 0.6) is 0 Å². The smallest absolute Gasteiger partial charge is 0.263 e. The number of nitrogens with one attached hydrogen (secondary N) is 1. The first-order chi connectivity index (χ1) is 9.98. The molecule has 0 unspecified atom stereocenters. The van der Waals surface area contributed by atoms with E-state index in [1.165, 1.54) is 36.3 Å². The molecule has 1 aromatic carbocycles. The molecule has 3 rings (SSSR count). The number of hydrogen-bond acceptors (Lipinski definition) is 3. The molecule has 1 fully saturated rings. The highest BCUT2D eigenvalue weighted by Crippen LogP contribution is 2.37. The van der Waals surface area contributed by atoms with Crippen molar-refractivity contribution >= 4 is 33.0 Å². The van der Waals surface area contributed by atoms with Crippen LogP contribution in [-0.2, 0) is 0 Å². The lowest BCUT2D eigenvalue weighted by molar-refractivity contribution is 0.0939. The van der Waals surface area contributed by atoms with Crippen molar-refractivity contribution in [2.24, 2.45) is 5.41 Å². The summed E-state index contributed by atoms with van der Waals surface area (Å²) in [5.41, 5.74) is 6.59. The van der Waals surface area contributed by atoms with Crippen molar-refractivity contribution in [3.63, 3.8) is 0 Å². The first-order valence-corrected chi connectivity index (χ1v) is 8.06. The van der Waals surface area contributed by atoms with Gasteiger partial charge in [-0.2, -0.15) is 0 Å². The molecule has 0 bridgehead atoms. The molecular weight excluding hydrogens is 287 g/mol. The van der Waals surface area contributed by atoms with Crippen LogP contribution >= 0.6 is 11.3 Å². The van der Waals surface area contributed by atoms with E-state index in [1.807, 2.05) is 0 Å². The Morgan fingerprint density at radius 1 is 1.43 bits per heavy atom. The van der Waals surface area contributed by atoms with Crippen LogP contribution in [0.1, 0.15) is 42.3 Å². The minimum absolute atomic E-state index is 0.151. The van der Waals surface area contributed by atoms with E-state index in [0.717, 1.165) is 17.5 Å². The van der Waals surface area contributed by atoms with Crippen LogP contribution in [0.3, 0.4) is 0 Å². The maximum absolute atomic E-state index is 13.3. The molecule has 1 heterocycles. The lowest BCUT2D eigenvalue weighted by atomic mass is 9.89. The molecule has 0 saturated heterocycles. The van der Waals surface area contributed by atoms with Crippen molar-refractivity contribution in [3.05, 3.63) is 28.9 Å². The zero-order chi connectivity index (χ0) is 15.0. The standard InChI is InChI=1S/C16H19FN2OS/c1-16(6-2-3-7-16)9-19-15(20)14-13(18)11-8-10(17)4-5-12(11)21-14/h4-5,8H,2-3,6-7,9,18H2,1H3,(H,19,20). The van der Waals surface area contributed by atoms with Gasteiger partial charge in [0.25, 0.3) is 5.91 Å². The molecule has 1 aliphatic carbocycles. The van der Waals surface area contributed by atoms with Gasteiger partial charge in [0.1, 0.15) is 10.7 Å². The van der Waals surface area contributed by atoms with Crippen molar-refractivity contribution in [3.8, 4) is 0 Å². The lowest BCUT2D eigenvalue weighted by Gasteiger charge is -2.23. The molecule has 21 heavy (non-hydrogen) atoms. The van der Waals surface area contributed by atoms with E-state index < -0.39 is 0 Å². The van der Waals surface area contributed by atoms with Crippen molar-refractivity contribution in [1.82, 2.24) is 5.32 Å². The molecule has 1 aliphatic rings. The Bertz CT molecular complexity index is 689. The molecule has 0 radical (unpaired) electrons. The number of carbonyl (C=O) groups excluding carboxylic acids is 1. The predicted molar refractivity (Wildman–Crippen MR) is 85.1 cm³/mol. The second kappa shape index (κ2) is 5.30. The third-order valence-electron chi connectivity index (χ3n) is 4.38. The largest absolute Gasteiger partial charge is 0.397 e. The van der Waals surface area contributed by atoms with Crippen LogP contribution in [0.25, 0.3) is 10.1 Å². The molecule has 1 saturated carbocycles. The number of anilines is 1. The predicted octanol–water partition coefficient (Wildman–Crippen LogP) is 3.93. The van der Waals surface area contributed by atoms with Crippen LogP contribution < -0.4 is 11.1 Å². The Labute approximate surface area is 127 Å². The molecule has 1 amide bonds. The maximum Gasteiger partial charge on any atom is 0.263 e. The number of hydrogen-bond donors (Lipinski definition) is 2. The molecule has 112 valence electrons. The van der Waals surface area contributed by atoms with Gasteiger partial charge in [-0.25, -0.2) is 4.39 Å². The van der Waals surface area contributed by atoms with E-state index in [1.54, 1.807) is 6.07 Å². The summed E-state index contributed by atoms with van der Waals surface area (Å²) in [4.78, 5) is 12.8. The molecule has 0 atom stereocenters. The average molecular weight is 306 g/mol. The molecule has 2 aromatic rings. The maximum atomic E-state index is 13.3. The number of benzene rings is 1. The Kier molecular flexibility index (Phi) is 3.61. The van der Waals surface area contributed by atoms with E-state index in [2.05, 4.69) is 12.2 Å². The van der Waals surface area contributed by atoms with Crippen LogP contribution in [-0.4, -0.2) is 12.5 Å². The molecule has 0 aliphatic heterocycles. The van der Waals surface area contributed by atoms with Gasteiger partial charge >= 0.3 is 0 Å². The Balaban J connectivity index is 1.80. The highest BCUT2D eigenvalue weighted by Gasteiger charge is 2.29. The molecule has 3 N–H and O–H groups in total. The summed E-state index contributed by atoms with van der Waals surface area (Å²) in [5, 5.41) is 3.62. The summed E-state index contributed by atoms with van der Waals surface area (Å²) >= 11 is 1.32. The van der Waals surface area contributed by atoms with Crippen LogP contribution in [0.4, 0.5) is 10.1 Å². The monoisotopic (exact) mass is 306 g/mol. The number of amides is 1. The summed E-state index contributed by atoms with van der Waals surface area (Å²) in [5.74, 6) is -0.486. The molecule has 1 aromatic heterocycles.